The molecular formula is C29H35F3N8O. The number of likely N-dealkylation sites (tertiary alicyclic amines) is 1. The SMILES string of the molecule is Cc1ccc(NC(=O)c2ccc(NCCN3CCCC3)c(C(F)(F)F)c2)cc1N1C=C(c2cnn(C)c2C)NN1C. The summed E-state index contributed by atoms with van der Waals surface area (Å²) in [6.07, 6.45) is 1.36. The molecule has 5 rings (SSSR count). The Kier molecular flexibility index (Phi) is 7.96. The number of nitrogens with zero attached hydrogens (tertiary/aromatic N) is 5. The first kappa shape index (κ1) is 28.5. The first-order valence-electron chi connectivity index (χ1n) is 13.6. The van der Waals surface area contributed by atoms with E-state index < -0.39 is 17.6 Å². The van der Waals surface area contributed by atoms with Crippen molar-refractivity contribution in [3.63, 3.8) is 0 Å². The first-order chi connectivity index (χ1) is 19.5. The number of hydrogen-bond acceptors (Lipinski definition) is 7. The lowest BCUT2D eigenvalue weighted by atomic mass is 10.1. The van der Waals surface area contributed by atoms with Gasteiger partial charge < -0.3 is 15.5 Å². The molecule has 2 aliphatic rings. The molecule has 3 heterocycles. The van der Waals surface area contributed by atoms with Crippen molar-refractivity contribution in [2.75, 3.05) is 48.9 Å². The van der Waals surface area contributed by atoms with Crippen LogP contribution in [0.15, 0.2) is 48.8 Å². The van der Waals surface area contributed by atoms with E-state index in [-0.39, 0.29) is 11.3 Å². The van der Waals surface area contributed by atoms with Crippen LogP contribution in [0.25, 0.3) is 5.70 Å². The van der Waals surface area contributed by atoms with Gasteiger partial charge in [0.1, 0.15) is 0 Å². The lowest BCUT2D eigenvalue weighted by molar-refractivity contribution is -0.137. The summed E-state index contributed by atoms with van der Waals surface area (Å²) >= 11 is 0. The van der Waals surface area contributed by atoms with E-state index in [0.717, 1.165) is 60.2 Å². The van der Waals surface area contributed by atoms with Crippen LogP contribution in [0.1, 0.15) is 45.6 Å². The van der Waals surface area contributed by atoms with Crippen molar-refractivity contribution in [2.24, 2.45) is 7.05 Å². The number of benzene rings is 2. The number of anilines is 3. The number of halogens is 3. The smallest absolute Gasteiger partial charge is 0.383 e. The van der Waals surface area contributed by atoms with Crippen LogP contribution in [0, 0.1) is 13.8 Å². The minimum absolute atomic E-state index is 0.0260. The zero-order chi connectivity index (χ0) is 29.3. The van der Waals surface area contributed by atoms with E-state index >= 15 is 0 Å². The number of aryl methyl sites for hydroxylation is 2. The van der Waals surface area contributed by atoms with Crippen LogP contribution in [0.4, 0.5) is 30.2 Å². The molecule has 1 fully saturated rings. The summed E-state index contributed by atoms with van der Waals surface area (Å²) in [6, 6.07) is 9.04. The first-order valence-corrected chi connectivity index (χ1v) is 13.6. The molecule has 3 N–H and O–H groups in total. The average molecular weight is 569 g/mol. The third kappa shape index (κ3) is 6.18. The van der Waals surface area contributed by atoms with Crippen molar-refractivity contribution >= 4 is 28.7 Å². The second kappa shape index (κ2) is 11.5. The van der Waals surface area contributed by atoms with Gasteiger partial charge in [-0.15, -0.1) is 5.12 Å². The van der Waals surface area contributed by atoms with Gasteiger partial charge in [0.2, 0.25) is 0 Å². The maximum atomic E-state index is 13.9. The molecule has 2 aliphatic heterocycles. The Morgan fingerprint density at radius 3 is 2.51 bits per heavy atom. The molecule has 3 aromatic rings. The number of nitrogens with one attached hydrogen (secondary N) is 3. The van der Waals surface area contributed by atoms with Crippen molar-refractivity contribution < 1.29 is 18.0 Å². The van der Waals surface area contributed by atoms with E-state index in [0.29, 0.717) is 18.8 Å². The average Bonchev–Trinajstić information content (AvgIpc) is 3.66. The fraction of sp³-hybridized carbons (Fsp3) is 0.379. The summed E-state index contributed by atoms with van der Waals surface area (Å²) in [5.74, 6) is -0.621. The van der Waals surface area contributed by atoms with Crippen LogP contribution in [0.5, 0.6) is 0 Å². The van der Waals surface area contributed by atoms with Crippen molar-refractivity contribution in [1.82, 2.24) is 25.2 Å². The highest BCUT2D eigenvalue weighted by atomic mass is 19.4. The van der Waals surface area contributed by atoms with E-state index in [1.54, 1.807) is 28.1 Å². The van der Waals surface area contributed by atoms with Gasteiger partial charge in [-0.2, -0.15) is 18.3 Å². The summed E-state index contributed by atoms with van der Waals surface area (Å²) in [4.78, 5) is 15.3. The Bertz CT molecular complexity index is 1460. The van der Waals surface area contributed by atoms with Gasteiger partial charge in [-0.25, -0.2) is 0 Å². The van der Waals surface area contributed by atoms with Crippen LogP contribution < -0.4 is 21.1 Å². The van der Waals surface area contributed by atoms with Gasteiger partial charge in [0.05, 0.1) is 23.1 Å². The van der Waals surface area contributed by atoms with Gasteiger partial charge in [-0.05, 0) is 75.7 Å². The van der Waals surface area contributed by atoms with Gasteiger partial charge in [-0.3, -0.25) is 19.9 Å². The van der Waals surface area contributed by atoms with Gasteiger partial charge in [0, 0.05) is 61.6 Å². The standard InChI is InChI=1S/C29H35F3N8O/c1-19-7-9-22(16-27(19)40-18-26(36-38(40)4)23-17-34-37(3)20(23)2)35-28(41)21-8-10-25(24(15-21)29(30,31)32)33-11-14-39-12-5-6-13-39/h7-10,15-18,33,36H,5-6,11-14H2,1-4H3,(H,35,41). The normalized spacial score (nSPS) is 16.2. The van der Waals surface area contributed by atoms with Crippen LogP contribution in [0.2, 0.25) is 0 Å². The number of carbonyl (C=O) groups excluding carboxylic acids is 1. The Balaban J connectivity index is 1.33. The topological polar surface area (TPSA) is 80.7 Å². The van der Waals surface area contributed by atoms with E-state index in [1.165, 1.54) is 12.1 Å². The molecular weight excluding hydrogens is 533 g/mol. The number of hydrogen-bond donors (Lipinski definition) is 3. The van der Waals surface area contributed by atoms with Gasteiger partial charge >= 0.3 is 6.18 Å². The zero-order valence-electron chi connectivity index (χ0n) is 23.6. The Hall–Kier alpha value is -4.03. The van der Waals surface area contributed by atoms with Gasteiger partial charge in [-0.1, -0.05) is 6.07 Å². The molecule has 218 valence electrons. The van der Waals surface area contributed by atoms with E-state index in [4.69, 9.17) is 0 Å². The molecule has 1 saturated heterocycles. The van der Waals surface area contributed by atoms with E-state index in [1.807, 2.05) is 45.2 Å². The Morgan fingerprint density at radius 2 is 1.83 bits per heavy atom. The summed E-state index contributed by atoms with van der Waals surface area (Å²) < 4.78 is 43.6. The van der Waals surface area contributed by atoms with E-state index in [2.05, 4.69) is 26.1 Å². The van der Waals surface area contributed by atoms with Crippen LogP contribution in [-0.4, -0.2) is 58.9 Å². The maximum absolute atomic E-state index is 13.9. The summed E-state index contributed by atoms with van der Waals surface area (Å²) in [7, 11) is 3.74. The minimum atomic E-state index is -4.60. The maximum Gasteiger partial charge on any atom is 0.418 e. The third-order valence-electron chi connectivity index (χ3n) is 7.63. The summed E-state index contributed by atoms with van der Waals surface area (Å²) in [5.41, 5.74) is 7.38. The van der Waals surface area contributed by atoms with Crippen molar-refractivity contribution in [3.8, 4) is 0 Å². The second-order valence-electron chi connectivity index (χ2n) is 10.5. The Morgan fingerprint density at radius 1 is 1.07 bits per heavy atom. The number of rotatable bonds is 8. The monoisotopic (exact) mass is 568 g/mol. The number of aromatic nitrogens is 2. The second-order valence-corrected chi connectivity index (χ2v) is 10.5. The van der Waals surface area contributed by atoms with Crippen molar-refractivity contribution in [2.45, 2.75) is 32.9 Å². The molecule has 41 heavy (non-hydrogen) atoms. The summed E-state index contributed by atoms with van der Waals surface area (Å²) in [6.45, 7) is 6.95. The highest BCUT2D eigenvalue weighted by Gasteiger charge is 2.34. The number of alkyl halides is 3. The lowest BCUT2D eigenvalue weighted by Crippen LogP contribution is -2.39. The number of carbonyl (C=O) groups is 1. The molecule has 0 atom stereocenters. The quantitative estimate of drug-likeness (QED) is 0.354. The number of amides is 1. The highest BCUT2D eigenvalue weighted by molar-refractivity contribution is 6.05. The lowest BCUT2D eigenvalue weighted by Gasteiger charge is -2.26. The molecule has 2 aromatic carbocycles. The van der Waals surface area contributed by atoms with Gasteiger partial charge in [0.15, 0.2) is 0 Å². The molecule has 0 radical (unpaired) electrons. The van der Waals surface area contributed by atoms with Crippen molar-refractivity contribution in [3.05, 3.63) is 76.7 Å². The molecule has 12 heteroatoms. The molecule has 1 aromatic heterocycles. The fourth-order valence-corrected chi connectivity index (χ4v) is 5.16. The predicted molar refractivity (Wildman–Crippen MR) is 154 cm³/mol. The highest BCUT2D eigenvalue weighted by Crippen LogP contribution is 2.36. The van der Waals surface area contributed by atoms with Gasteiger partial charge in [0.25, 0.3) is 5.91 Å². The molecule has 1 amide bonds. The largest absolute Gasteiger partial charge is 0.418 e. The molecule has 9 nitrogen and oxygen atoms in total. The number of hydrazine groups is 2. The van der Waals surface area contributed by atoms with E-state index in [9.17, 15) is 18.0 Å². The fourth-order valence-electron chi connectivity index (χ4n) is 5.16. The van der Waals surface area contributed by atoms with Crippen LogP contribution >= 0.6 is 0 Å². The molecule has 0 bridgehead atoms. The molecule has 0 spiro atoms. The molecule has 0 unspecified atom stereocenters. The molecule has 0 aliphatic carbocycles. The summed E-state index contributed by atoms with van der Waals surface area (Å²) in [5, 5.41) is 13.7. The van der Waals surface area contributed by atoms with Crippen LogP contribution in [-0.2, 0) is 13.2 Å². The zero-order valence-corrected chi connectivity index (χ0v) is 23.6. The minimum Gasteiger partial charge on any atom is -0.383 e. The van der Waals surface area contributed by atoms with Crippen LogP contribution in [0.3, 0.4) is 0 Å². The Labute approximate surface area is 237 Å². The molecule has 0 saturated carbocycles. The predicted octanol–water partition coefficient (Wildman–Crippen LogP) is 4.99. The third-order valence-corrected chi connectivity index (χ3v) is 7.63. The van der Waals surface area contributed by atoms with Crippen molar-refractivity contribution in [1.29, 1.82) is 0 Å².